The number of thioether (sulfide) groups is 1. The van der Waals surface area contributed by atoms with Crippen LogP contribution in [0.4, 0.5) is 5.13 Å². The Balaban J connectivity index is 1.80. The van der Waals surface area contributed by atoms with Crippen LogP contribution in [0.25, 0.3) is 5.57 Å². The molecule has 1 fully saturated rings. The van der Waals surface area contributed by atoms with Gasteiger partial charge in [0.25, 0.3) is 11.8 Å². The normalized spacial score (nSPS) is 22.3. The molecular weight excluding hydrogens is 400 g/mol. The molecule has 2 amide bonds. The first-order valence-corrected chi connectivity index (χ1v) is 10.6. The lowest BCUT2D eigenvalue weighted by Crippen LogP contribution is -2.70. The minimum atomic E-state index is -1.15. The van der Waals surface area contributed by atoms with E-state index in [0.29, 0.717) is 34.1 Å². The highest BCUT2D eigenvalue weighted by molar-refractivity contribution is 8.00. The van der Waals surface area contributed by atoms with Gasteiger partial charge in [-0.2, -0.15) is 0 Å². The number of nitrogens with two attached hydrogens (primary N) is 1. The smallest absolute Gasteiger partial charge is 0.352 e. The van der Waals surface area contributed by atoms with E-state index in [9.17, 15) is 19.5 Å². The molecule has 1 aromatic heterocycles. The summed E-state index contributed by atoms with van der Waals surface area (Å²) in [6, 6.07) is -0.782. The summed E-state index contributed by atoms with van der Waals surface area (Å²) in [4.78, 5) is 42.5. The molecule has 0 saturated carbocycles. The van der Waals surface area contributed by atoms with Crippen molar-refractivity contribution in [2.45, 2.75) is 31.7 Å². The average Bonchev–Trinajstić information content (AvgIpc) is 3.09. The number of β-lactam (4-membered cyclic amide) rings is 1. The van der Waals surface area contributed by atoms with Gasteiger partial charge < -0.3 is 16.2 Å². The molecule has 0 bridgehead atoms. The van der Waals surface area contributed by atoms with E-state index >= 15 is 0 Å². The molecule has 0 aliphatic carbocycles. The Kier molecular flexibility index (Phi) is 5.90. The van der Waals surface area contributed by atoms with Gasteiger partial charge in [0.1, 0.15) is 17.1 Å². The van der Waals surface area contributed by atoms with Crippen LogP contribution < -0.4 is 11.1 Å². The molecule has 8 nitrogen and oxygen atoms in total. The number of nitrogens with zero attached hydrogens (tertiary/aromatic N) is 2. The van der Waals surface area contributed by atoms with E-state index < -0.39 is 29.2 Å². The Morgan fingerprint density at radius 1 is 1.50 bits per heavy atom. The number of carbonyl (C=O) groups excluding carboxylic acids is 2. The van der Waals surface area contributed by atoms with Crippen molar-refractivity contribution in [3.05, 3.63) is 40.6 Å². The maximum Gasteiger partial charge on any atom is 0.352 e. The van der Waals surface area contributed by atoms with Crippen molar-refractivity contribution in [2.24, 2.45) is 0 Å². The fraction of sp³-hybridized carbons (Fsp3) is 0.333. The Hall–Kier alpha value is -2.59. The van der Waals surface area contributed by atoms with E-state index in [1.807, 2.05) is 6.92 Å². The Morgan fingerprint density at radius 2 is 2.25 bits per heavy atom. The molecule has 2 aliphatic rings. The molecule has 28 heavy (non-hydrogen) atoms. The van der Waals surface area contributed by atoms with E-state index in [1.54, 1.807) is 30.5 Å². The number of hydrogen-bond donors (Lipinski definition) is 3. The van der Waals surface area contributed by atoms with E-state index in [2.05, 4.69) is 10.3 Å². The molecule has 0 spiro atoms. The van der Waals surface area contributed by atoms with Crippen LogP contribution in [0.3, 0.4) is 0 Å². The highest BCUT2D eigenvalue weighted by Crippen LogP contribution is 2.40. The van der Waals surface area contributed by atoms with Crippen LogP contribution in [-0.2, 0) is 14.4 Å². The number of hydrogen-bond acceptors (Lipinski definition) is 7. The molecule has 3 heterocycles. The predicted molar refractivity (Wildman–Crippen MR) is 109 cm³/mol. The van der Waals surface area contributed by atoms with Crippen LogP contribution >= 0.6 is 23.1 Å². The van der Waals surface area contributed by atoms with Gasteiger partial charge >= 0.3 is 5.97 Å². The van der Waals surface area contributed by atoms with E-state index in [1.165, 1.54) is 28.0 Å². The third-order valence-electron chi connectivity index (χ3n) is 4.31. The van der Waals surface area contributed by atoms with E-state index in [-0.39, 0.29) is 5.70 Å². The number of allylic oxidation sites excluding steroid dienone is 3. The monoisotopic (exact) mass is 420 g/mol. The van der Waals surface area contributed by atoms with Gasteiger partial charge in [-0.05, 0) is 18.9 Å². The van der Waals surface area contributed by atoms with E-state index in [0.717, 1.165) is 0 Å². The number of amides is 2. The van der Waals surface area contributed by atoms with Gasteiger partial charge in [0.2, 0.25) is 0 Å². The summed E-state index contributed by atoms with van der Waals surface area (Å²) >= 11 is 2.66. The van der Waals surface area contributed by atoms with Crippen molar-refractivity contribution in [3.63, 3.8) is 0 Å². The van der Waals surface area contributed by atoms with Crippen molar-refractivity contribution < 1.29 is 19.5 Å². The van der Waals surface area contributed by atoms with Gasteiger partial charge in [0, 0.05) is 11.1 Å². The lowest BCUT2D eigenvalue weighted by molar-refractivity contribution is -0.150. The van der Waals surface area contributed by atoms with Crippen LogP contribution in [0.15, 0.2) is 34.9 Å². The van der Waals surface area contributed by atoms with Gasteiger partial charge in [-0.1, -0.05) is 25.2 Å². The van der Waals surface area contributed by atoms with Crippen LogP contribution in [0.5, 0.6) is 0 Å². The molecule has 4 N–H and O–H groups in total. The van der Waals surface area contributed by atoms with Gasteiger partial charge in [0.15, 0.2) is 5.13 Å². The molecule has 148 valence electrons. The second-order valence-corrected chi connectivity index (χ2v) is 8.13. The fourth-order valence-electron chi connectivity index (χ4n) is 3.12. The maximum atomic E-state index is 12.8. The van der Waals surface area contributed by atoms with Crippen molar-refractivity contribution >= 4 is 51.6 Å². The van der Waals surface area contributed by atoms with Crippen molar-refractivity contribution in [3.8, 4) is 0 Å². The molecule has 1 aromatic rings. The van der Waals surface area contributed by atoms with Gasteiger partial charge in [-0.15, -0.1) is 23.1 Å². The Labute approximate surface area is 170 Å². The summed E-state index contributed by atoms with van der Waals surface area (Å²) in [5.74, 6) is -1.56. The highest BCUT2D eigenvalue weighted by Gasteiger charge is 2.54. The molecular formula is C18H20N4O4S2. The molecule has 0 unspecified atom stereocenters. The zero-order valence-electron chi connectivity index (χ0n) is 15.3. The number of aromatic nitrogens is 1. The number of rotatable bonds is 6. The number of nitrogens with one attached hydrogen (secondary N) is 1. The number of thiazole rings is 1. The number of carboxylic acid groups (broad SMARTS) is 1. The minimum absolute atomic E-state index is 0.0195. The predicted octanol–water partition coefficient (Wildman–Crippen LogP) is 1.83. The Morgan fingerprint density at radius 3 is 2.82 bits per heavy atom. The maximum absolute atomic E-state index is 12.8. The number of anilines is 1. The lowest BCUT2D eigenvalue weighted by Gasteiger charge is -2.49. The second kappa shape index (κ2) is 8.19. The first-order chi connectivity index (χ1) is 13.4. The van der Waals surface area contributed by atoms with Gasteiger partial charge in [0.05, 0.1) is 11.3 Å². The number of nitrogen functional groups attached to an aromatic ring is 1. The minimum Gasteiger partial charge on any atom is -0.477 e. The summed E-state index contributed by atoms with van der Waals surface area (Å²) in [5, 5.41) is 13.9. The molecule has 1 saturated heterocycles. The number of carbonyl (C=O) groups is 3. The van der Waals surface area contributed by atoms with Crippen molar-refractivity contribution in [1.29, 1.82) is 0 Å². The van der Waals surface area contributed by atoms with Crippen molar-refractivity contribution in [1.82, 2.24) is 15.2 Å². The summed E-state index contributed by atoms with van der Waals surface area (Å²) in [7, 11) is 0. The lowest BCUT2D eigenvalue weighted by atomic mass is 10.0. The quantitative estimate of drug-likeness (QED) is 0.473. The molecule has 10 heteroatoms. The third kappa shape index (κ3) is 3.57. The number of fused-ring (bicyclic) bond motifs is 1. The van der Waals surface area contributed by atoms with Gasteiger partial charge in [-0.3, -0.25) is 14.5 Å². The SMILES string of the molecule is C/C=C\C1=C(C(=O)O)N2C(=O)[C@@H](NC(=O)/C(=C\CC)c3csc(N)n3)[C@H]2SC1. The average molecular weight is 421 g/mol. The number of aliphatic carboxylic acids is 1. The first kappa shape index (κ1) is 20.2. The summed E-state index contributed by atoms with van der Waals surface area (Å²) in [6.07, 6.45) is 5.78. The second-order valence-electron chi connectivity index (χ2n) is 6.14. The standard InChI is InChI=1S/C18H20N4O4S2/c1-3-5-9-7-27-16-12(15(24)22(16)13(9)17(25)26)21-14(23)10(6-4-2)11-8-28-18(19)20-11/h3,5-6,8,12,16H,4,7H2,1-2H3,(H2,19,20)(H,21,23)(H,25,26)/b5-3-,10-6-/t12-,16-/m1/s1. The first-order valence-electron chi connectivity index (χ1n) is 8.65. The fourth-order valence-corrected chi connectivity index (χ4v) is 5.00. The topological polar surface area (TPSA) is 126 Å². The van der Waals surface area contributed by atoms with Gasteiger partial charge in [-0.25, -0.2) is 9.78 Å². The van der Waals surface area contributed by atoms with Crippen LogP contribution in [-0.4, -0.2) is 49.9 Å². The molecule has 0 radical (unpaired) electrons. The van der Waals surface area contributed by atoms with Crippen molar-refractivity contribution in [2.75, 3.05) is 11.5 Å². The van der Waals surface area contributed by atoms with E-state index in [4.69, 9.17) is 5.73 Å². The highest BCUT2D eigenvalue weighted by atomic mass is 32.2. The summed E-state index contributed by atoms with van der Waals surface area (Å²) in [5.41, 5.74) is 7.04. The van der Waals surface area contributed by atoms with Crippen LogP contribution in [0, 0.1) is 0 Å². The molecule has 0 aromatic carbocycles. The van der Waals surface area contributed by atoms with Crippen LogP contribution in [0.1, 0.15) is 26.0 Å². The van der Waals surface area contributed by atoms with Crippen LogP contribution in [0.2, 0.25) is 0 Å². The molecule has 2 aliphatic heterocycles. The molecule has 3 rings (SSSR count). The Bertz CT molecular complexity index is 918. The molecule has 2 atom stereocenters. The summed E-state index contributed by atoms with van der Waals surface area (Å²) < 4.78 is 0. The zero-order chi connectivity index (χ0) is 20.4. The number of carboxylic acids is 1. The third-order valence-corrected chi connectivity index (χ3v) is 6.28. The zero-order valence-corrected chi connectivity index (χ0v) is 17.0. The summed E-state index contributed by atoms with van der Waals surface area (Å²) in [6.45, 7) is 3.68. The largest absolute Gasteiger partial charge is 0.477 e.